The van der Waals surface area contributed by atoms with Crippen molar-refractivity contribution in [2.75, 3.05) is 4.90 Å². The van der Waals surface area contributed by atoms with Crippen molar-refractivity contribution in [2.45, 2.75) is 45.7 Å². The molecule has 0 N–H and O–H groups in total. The summed E-state index contributed by atoms with van der Waals surface area (Å²) in [6, 6.07) is 5.88. The highest BCUT2D eigenvalue weighted by Gasteiger charge is 2.40. The molecule has 32 heavy (non-hydrogen) atoms. The Morgan fingerprint density at radius 3 is 2.72 bits per heavy atom. The van der Waals surface area contributed by atoms with E-state index in [2.05, 4.69) is 10.2 Å². The van der Waals surface area contributed by atoms with E-state index in [9.17, 15) is 13.6 Å². The van der Waals surface area contributed by atoms with E-state index >= 15 is 0 Å². The molecule has 0 radical (unpaired) electrons. The van der Waals surface area contributed by atoms with Crippen LogP contribution in [-0.2, 0) is 7.05 Å². The minimum Gasteiger partial charge on any atom is -0.290 e. The molecule has 0 fully saturated rings. The van der Waals surface area contributed by atoms with Gasteiger partial charge in [-0.15, -0.1) is 11.3 Å². The molecule has 0 saturated carbocycles. The van der Waals surface area contributed by atoms with Crippen molar-refractivity contribution in [1.82, 2.24) is 24.5 Å². The lowest BCUT2D eigenvalue weighted by molar-refractivity contribution is 0.0609. The van der Waals surface area contributed by atoms with Crippen LogP contribution in [0, 0.1) is 13.8 Å². The summed E-state index contributed by atoms with van der Waals surface area (Å²) in [6.07, 6.45) is -2.44. The largest absolute Gasteiger partial charge is 0.290 e. The lowest BCUT2D eigenvalue weighted by atomic mass is 10.0. The molecule has 0 spiro atoms. The second-order valence-electron chi connectivity index (χ2n) is 8.19. The molecule has 0 saturated heterocycles. The lowest BCUT2D eigenvalue weighted by Crippen LogP contribution is -2.46. The van der Waals surface area contributed by atoms with Crippen LogP contribution in [0.1, 0.15) is 41.1 Å². The second kappa shape index (κ2) is 7.47. The molecular formula is C22H22F2N6OS. The van der Waals surface area contributed by atoms with Crippen LogP contribution < -0.4 is 4.90 Å². The number of hydrogen-bond donors (Lipinski definition) is 0. The van der Waals surface area contributed by atoms with E-state index in [1.54, 1.807) is 42.6 Å². The number of thiophene rings is 1. The smallest absolute Gasteiger partial charge is 0.260 e. The van der Waals surface area contributed by atoms with Crippen LogP contribution in [0.5, 0.6) is 0 Å². The number of carbonyl (C=O) groups is 1. The molecule has 7 nitrogen and oxygen atoms in total. The summed E-state index contributed by atoms with van der Waals surface area (Å²) in [6.45, 7) is 5.38. The van der Waals surface area contributed by atoms with Gasteiger partial charge in [0.15, 0.2) is 5.65 Å². The summed E-state index contributed by atoms with van der Waals surface area (Å²) < 4.78 is 30.4. The molecule has 0 unspecified atom stereocenters. The fourth-order valence-electron chi connectivity index (χ4n) is 4.52. The number of pyridine rings is 1. The van der Waals surface area contributed by atoms with Gasteiger partial charge in [-0.1, -0.05) is 6.07 Å². The summed E-state index contributed by atoms with van der Waals surface area (Å²) in [5.74, 6) is 0.119. The number of amides is 1. The highest BCUT2D eigenvalue weighted by Crippen LogP contribution is 2.38. The first-order valence-corrected chi connectivity index (χ1v) is 11.2. The van der Waals surface area contributed by atoms with Gasteiger partial charge in [0, 0.05) is 19.2 Å². The van der Waals surface area contributed by atoms with E-state index in [0.29, 0.717) is 39.5 Å². The molecule has 1 amide bonds. The van der Waals surface area contributed by atoms with Gasteiger partial charge in [0.25, 0.3) is 12.3 Å². The summed E-state index contributed by atoms with van der Waals surface area (Å²) in [5.41, 5.74) is 3.03. The van der Waals surface area contributed by atoms with Crippen LogP contribution in [0.3, 0.4) is 0 Å². The van der Waals surface area contributed by atoms with Crippen LogP contribution in [0.2, 0.25) is 0 Å². The highest BCUT2D eigenvalue weighted by molar-refractivity contribution is 7.13. The summed E-state index contributed by atoms with van der Waals surface area (Å²) >= 11 is 1.53. The van der Waals surface area contributed by atoms with E-state index in [1.165, 1.54) is 16.0 Å². The van der Waals surface area contributed by atoms with E-state index in [1.807, 2.05) is 24.4 Å². The summed E-state index contributed by atoms with van der Waals surface area (Å²) in [5, 5.41) is 11.4. The molecule has 1 aliphatic rings. The maximum Gasteiger partial charge on any atom is 0.260 e. The SMILES string of the molecule is Cc1cc2n(n1)[C@@H](C(F)F)C[C@H](C)N2C(=O)c1cc(-c2cccs2)nc2c1c(C)nn2C. The Labute approximate surface area is 187 Å². The van der Waals surface area contributed by atoms with Crippen LogP contribution in [0.4, 0.5) is 14.6 Å². The van der Waals surface area contributed by atoms with Crippen molar-refractivity contribution >= 4 is 34.1 Å². The third kappa shape index (κ3) is 3.12. The van der Waals surface area contributed by atoms with Gasteiger partial charge in [-0.3, -0.25) is 14.4 Å². The molecule has 166 valence electrons. The Kier molecular flexibility index (Phi) is 4.85. The first kappa shape index (κ1) is 20.7. The molecular weight excluding hydrogens is 434 g/mol. The van der Waals surface area contributed by atoms with Gasteiger partial charge in [-0.2, -0.15) is 10.2 Å². The number of hydrogen-bond acceptors (Lipinski definition) is 5. The van der Waals surface area contributed by atoms with Gasteiger partial charge in [-0.05, 0) is 44.7 Å². The number of aromatic nitrogens is 5. The molecule has 5 heterocycles. The third-order valence-electron chi connectivity index (χ3n) is 5.90. The van der Waals surface area contributed by atoms with Crippen molar-refractivity contribution in [1.29, 1.82) is 0 Å². The standard InChI is InChI=1S/C22H22F2N6OS/c1-11-8-18-29(12(2)9-16(20(23)24)30(18)26-11)22(31)14-10-15(17-6-5-7-32-17)25-21-19(14)13(3)27-28(21)4/h5-8,10,12,16,20H,9H2,1-4H3/t12-,16+/m0/s1. The number of anilines is 1. The molecule has 4 aromatic rings. The van der Waals surface area contributed by atoms with Gasteiger partial charge < -0.3 is 0 Å². The van der Waals surface area contributed by atoms with E-state index in [-0.39, 0.29) is 12.3 Å². The number of nitrogens with zero attached hydrogens (tertiary/aromatic N) is 6. The average molecular weight is 457 g/mol. The van der Waals surface area contributed by atoms with Gasteiger partial charge in [0.2, 0.25) is 0 Å². The van der Waals surface area contributed by atoms with Crippen molar-refractivity contribution in [3.8, 4) is 10.6 Å². The molecule has 0 aliphatic carbocycles. The number of alkyl halides is 2. The van der Waals surface area contributed by atoms with E-state index < -0.39 is 18.5 Å². The minimum atomic E-state index is -2.56. The maximum atomic E-state index is 14.0. The predicted octanol–water partition coefficient (Wildman–Crippen LogP) is 4.76. The number of carbonyl (C=O) groups excluding carboxylic acids is 1. The van der Waals surface area contributed by atoms with Crippen molar-refractivity contribution < 1.29 is 13.6 Å². The zero-order chi connectivity index (χ0) is 22.7. The van der Waals surface area contributed by atoms with Gasteiger partial charge in [-0.25, -0.2) is 18.4 Å². The van der Waals surface area contributed by atoms with E-state index in [0.717, 1.165) is 4.88 Å². The van der Waals surface area contributed by atoms with Gasteiger partial charge in [0.1, 0.15) is 11.9 Å². The number of fused-ring (bicyclic) bond motifs is 2. The quantitative estimate of drug-likeness (QED) is 0.446. The molecule has 2 atom stereocenters. The molecule has 1 aliphatic heterocycles. The highest BCUT2D eigenvalue weighted by atomic mass is 32.1. The fourth-order valence-corrected chi connectivity index (χ4v) is 5.20. The maximum absolute atomic E-state index is 14.0. The first-order valence-electron chi connectivity index (χ1n) is 10.3. The normalized spacial score (nSPS) is 18.5. The molecule has 5 rings (SSSR count). The van der Waals surface area contributed by atoms with Crippen LogP contribution >= 0.6 is 11.3 Å². The summed E-state index contributed by atoms with van der Waals surface area (Å²) in [4.78, 5) is 21.3. The average Bonchev–Trinajstić information content (AvgIpc) is 3.46. The minimum absolute atomic E-state index is 0.121. The van der Waals surface area contributed by atoms with Gasteiger partial charge in [0.05, 0.1) is 32.9 Å². The number of rotatable bonds is 3. The van der Waals surface area contributed by atoms with Crippen LogP contribution in [0.15, 0.2) is 29.6 Å². The third-order valence-corrected chi connectivity index (χ3v) is 6.80. The van der Waals surface area contributed by atoms with Crippen molar-refractivity contribution in [3.05, 3.63) is 46.6 Å². The zero-order valence-corrected chi connectivity index (χ0v) is 18.9. The molecule has 0 bridgehead atoms. The van der Waals surface area contributed by atoms with Crippen molar-refractivity contribution in [3.63, 3.8) is 0 Å². The van der Waals surface area contributed by atoms with Gasteiger partial charge >= 0.3 is 0 Å². The molecule has 4 aromatic heterocycles. The second-order valence-corrected chi connectivity index (χ2v) is 9.14. The Balaban J connectivity index is 1.70. The van der Waals surface area contributed by atoms with Crippen LogP contribution in [-0.4, -0.2) is 42.9 Å². The zero-order valence-electron chi connectivity index (χ0n) is 18.1. The molecule has 10 heteroatoms. The lowest BCUT2D eigenvalue weighted by Gasteiger charge is -2.38. The van der Waals surface area contributed by atoms with Crippen LogP contribution in [0.25, 0.3) is 21.6 Å². The fraction of sp³-hybridized carbons (Fsp3) is 0.364. The van der Waals surface area contributed by atoms with E-state index in [4.69, 9.17) is 4.98 Å². The Morgan fingerprint density at radius 1 is 1.25 bits per heavy atom. The predicted molar refractivity (Wildman–Crippen MR) is 119 cm³/mol. The topological polar surface area (TPSA) is 68.8 Å². The number of halogens is 2. The Bertz CT molecular complexity index is 1330. The summed E-state index contributed by atoms with van der Waals surface area (Å²) in [7, 11) is 1.80. The monoisotopic (exact) mass is 456 g/mol. The van der Waals surface area contributed by atoms with Crippen molar-refractivity contribution in [2.24, 2.45) is 7.05 Å². The number of aryl methyl sites for hydroxylation is 3. The first-order chi connectivity index (χ1) is 15.3. The Hall–Kier alpha value is -3.14. The molecule has 0 aromatic carbocycles. The Morgan fingerprint density at radius 2 is 2.03 bits per heavy atom.